The van der Waals surface area contributed by atoms with Gasteiger partial charge in [-0.2, -0.15) is 0 Å². The number of rotatable bonds is 3. The standard InChI is InChI=1S/C13H19ClN4O/c1-15-12-8-9(7-11(14)17-12)13(19)16-10-3-5-18(2)6-4-10/h7-8,10H,3-6H2,1-2H3,(H,15,17)(H,16,19). The van der Waals surface area contributed by atoms with Gasteiger partial charge in [0, 0.05) is 18.7 Å². The van der Waals surface area contributed by atoms with Crippen LogP contribution in [0.15, 0.2) is 12.1 Å². The monoisotopic (exact) mass is 282 g/mol. The van der Waals surface area contributed by atoms with Crippen LogP contribution in [0.1, 0.15) is 23.2 Å². The molecule has 1 aromatic heterocycles. The summed E-state index contributed by atoms with van der Waals surface area (Å²) >= 11 is 5.90. The van der Waals surface area contributed by atoms with Gasteiger partial charge in [-0.3, -0.25) is 4.79 Å². The molecule has 0 saturated carbocycles. The highest BCUT2D eigenvalue weighted by Gasteiger charge is 2.19. The molecule has 0 spiro atoms. The van der Waals surface area contributed by atoms with Gasteiger partial charge in [0.2, 0.25) is 0 Å². The normalized spacial score (nSPS) is 17.2. The lowest BCUT2D eigenvalue weighted by atomic mass is 10.1. The lowest BCUT2D eigenvalue weighted by Gasteiger charge is -2.29. The van der Waals surface area contributed by atoms with Gasteiger partial charge < -0.3 is 15.5 Å². The number of amides is 1. The number of hydrogen-bond donors (Lipinski definition) is 2. The van der Waals surface area contributed by atoms with Gasteiger partial charge >= 0.3 is 0 Å². The Bertz CT molecular complexity index is 458. The molecule has 1 aromatic rings. The van der Waals surface area contributed by atoms with Gasteiger partial charge in [0.1, 0.15) is 11.0 Å². The first-order valence-corrected chi connectivity index (χ1v) is 6.81. The Balaban J connectivity index is 2.01. The van der Waals surface area contributed by atoms with Crippen molar-refractivity contribution in [1.82, 2.24) is 15.2 Å². The van der Waals surface area contributed by atoms with Crippen LogP contribution < -0.4 is 10.6 Å². The molecule has 6 heteroatoms. The molecular weight excluding hydrogens is 264 g/mol. The van der Waals surface area contributed by atoms with Crippen molar-refractivity contribution < 1.29 is 4.79 Å². The molecule has 2 rings (SSSR count). The van der Waals surface area contributed by atoms with E-state index in [0.717, 1.165) is 25.9 Å². The maximum atomic E-state index is 12.2. The maximum Gasteiger partial charge on any atom is 0.251 e. The van der Waals surface area contributed by atoms with E-state index in [-0.39, 0.29) is 11.9 Å². The van der Waals surface area contributed by atoms with Crippen molar-refractivity contribution in [2.24, 2.45) is 0 Å². The summed E-state index contributed by atoms with van der Waals surface area (Å²) in [5, 5.41) is 6.26. The highest BCUT2D eigenvalue weighted by molar-refractivity contribution is 6.29. The lowest BCUT2D eigenvalue weighted by molar-refractivity contribution is 0.0917. The molecule has 0 atom stereocenters. The van der Waals surface area contributed by atoms with Crippen LogP contribution in [0.25, 0.3) is 0 Å². The van der Waals surface area contributed by atoms with E-state index in [1.165, 1.54) is 0 Å². The topological polar surface area (TPSA) is 57.3 Å². The zero-order valence-electron chi connectivity index (χ0n) is 11.2. The van der Waals surface area contributed by atoms with E-state index < -0.39 is 0 Å². The largest absolute Gasteiger partial charge is 0.373 e. The van der Waals surface area contributed by atoms with Crippen molar-refractivity contribution in [3.63, 3.8) is 0 Å². The first-order valence-electron chi connectivity index (χ1n) is 6.43. The van der Waals surface area contributed by atoms with Crippen molar-refractivity contribution in [2.75, 3.05) is 32.5 Å². The number of carbonyl (C=O) groups is 1. The molecule has 19 heavy (non-hydrogen) atoms. The Morgan fingerprint density at radius 1 is 1.42 bits per heavy atom. The fourth-order valence-electron chi connectivity index (χ4n) is 2.18. The second-order valence-corrected chi connectivity index (χ2v) is 5.25. The summed E-state index contributed by atoms with van der Waals surface area (Å²) in [5.74, 6) is 0.511. The number of halogens is 1. The third-order valence-corrected chi connectivity index (χ3v) is 3.56. The van der Waals surface area contributed by atoms with Crippen LogP contribution in [0, 0.1) is 0 Å². The molecule has 5 nitrogen and oxygen atoms in total. The van der Waals surface area contributed by atoms with Gasteiger partial charge in [-0.1, -0.05) is 11.6 Å². The third kappa shape index (κ3) is 3.81. The molecule has 0 aliphatic carbocycles. The molecule has 1 aliphatic rings. The van der Waals surface area contributed by atoms with Crippen LogP contribution in [0.2, 0.25) is 5.15 Å². The van der Waals surface area contributed by atoms with E-state index in [1.54, 1.807) is 19.2 Å². The highest BCUT2D eigenvalue weighted by Crippen LogP contribution is 2.15. The third-order valence-electron chi connectivity index (χ3n) is 3.37. The summed E-state index contributed by atoms with van der Waals surface area (Å²) < 4.78 is 0. The van der Waals surface area contributed by atoms with E-state index in [2.05, 4.69) is 27.6 Å². The predicted molar refractivity (Wildman–Crippen MR) is 76.8 cm³/mol. The Morgan fingerprint density at radius 2 is 2.11 bits per heavy atom. The quantitative estimate of drug-likeness (QED) is 0.827. The molecule has 2 N–H and O–H groups in total. The highest BCUT2D eigenvalue weighted by atomic mass is 35.5. The zero-order valence-corrected chi connectivity index (χ0v) is 12.0. The molecular formula is C13H19ClN4O. The minimum Gasteiger partial charge on any atom is -0.373 e. The Kier molecular flexibility index (Phi) is 4.61. The molecule has 0 bridgehead atoms. The first kappa shape index (κ1) is 14.1. The molecule has 104 valence electrons. The molecule has 0 unspecified atom stereocenters. The summed E-state index contributed by atoms with van der Waals surface area (Å²) in [6, 6.07) is 3.54. The SMILES string of the molecule is CNc1cc(C(=O)NC2CCN(C)CC2)cc(Cl)n1. The van der Waals surface area contributed by atoms with Crippen LogP contribution in [-0.2, 0) is 0 Å². The number of aromatic nitrogens is 1. The molecule has 0 radical (unpaired) electrons. The zero-order chi connectivity index (χ0) is 13.8. The molecule has 2 heterocycles. The van der Waals surface area contributed by atoms with E-state index >= 15 is 0 Å². The lowest BCUT2D eigenvalue weighted by Crippen LogP contribution is -2.43. The van der Waals surface area contributed by atoms with Gasteiger partial charge in [0.15, 0.2) is 0 Å². The molecule has 1 fully saturated rings. The van der Waals surface area contributed by atoms with Crippen LogP contribution in [0.5, 0.6) is 0 Å². The van der Waals surface area contributed by atoms with Gasteiger partial charge in [-0.15, -0.1) is 0 Å². The van der Waals surface area contributed by atoms with Crippen molar-refractivity contribution >= 4 is 23.3 Å². The summed E-state index contributed by atoms with van der Waals surface area (Å²) in [6.07, 6.45) is 1.97. The van der Waals surface area contributed by atoms with Gasteiger partial charge in [0.25, 0.3) is 5.91 Å². The fourth-order valence-corrected chi connectivity index (χ4v) is 2.39. The molecule has 0 aromatic carbocycles. The summed E-state index contributed by atoms with van der Waals surface area (Å²) in [4.78, 5) is 18.5. The van der Waals surface area contributed by atoms with Crippen molar-refractivity contribution in [3.8, 4) is 0 Å². The summed E-state index contributed by atoms with van der Waals surface area (Å²) in [6.45, 7) is 2.04. The average Bonchev–Trinajstić information content (AvgIpc) is 2.40. The fraction of sp³-hybridized carbons (Fsp3) is 0.538. The Labute approximate surface area is 118 Å². The van der Waals surface area contributed by atoms with E-state index in [1.807, 2.05) is 0 Å². The summed E-state index contributed by atoms with van der Waals surface area (Å²) in [5.41, 5.74) is 0.545. The minimum absolute atomic E-state index is 0.0876. The number of likely N-dealkylation sites (tertiary alicyclic amines) is 1. The number of nitrogens with zero attached hydrogens (tertiary/aromatic N) is 2. The smallest absolute Gasteiger partial charge is 0.251 e. The average molecular weight is 283 g/mol. The number of anilines is 1. The number of nitrogens with one attached hydrogen (secondary N) is 2. The first-order chi connectivity index (χ1) is 9.08. The minimum atomic E-state index is -0.0876. The van der Waals surface area contributed by atoms with E-state index in [4.69, 9.17) is 11.6 Å². The predicted octanol–water partition coefficient (Wildman–Crippen LogP) is 1.60. The number of piperidine rings is 1. The second-order valence-electron chi connectivity index (χ2n) is 4.86. The second kappa shape index (κ2) is 6.21. The molecule has 1 amide bonds. The Hall–Kier alpha value is -1.33. The molecule has 1 aliphatic heterocycles. The van der Waals surface area contributed by atoms with Crippen LogP contribution >= 0.6 is 11.6 Å². The van der Waals surface area contributed by atoms with Gasteiger partial charge in [-0.25, -0.2) is 4.98 Å². The maximum absolute atomic E-state index is 12.2. The van der Waals surface area contributed by atoms with Gasteiger partial charge in [0.05, 0.1) is 0 Å². The van der Waals surface area contributed by atoms with Crippen molar-refractivity contribution in [3.05, 3.63) is 22.8 Å². The van der Waals surface area contributed by atoms with Crippen LogP contribution in [-0.4, -0.2) is 49.0 Å². The van der Waals surface area contributed by atoms with E-state index in [9.17, 15) is 4.79 Å². The van der Waals surface area contributed by atoms with E-state index in [0.29, 0.717) is 16.5 Å². The van der Waals surface area contributed by atoms with Crippen molar-refractivity contribution in [2.45, 2.75) is 18.9 Å². The van der Waals surface area contributed by atoms with Crippen LogP contribution in [0.3, 0.4) is 0 Å². The Morgan fingerprint density at radius 3 is 2.74 bits per heavy atom. The molecule has 1 saturated heterocycles. The number of pyridine rings is 1. The summed E-state index contributed by atoms with van der Waals surface area (Å²) in [7, 11) is 3.84. The van der Waals surface area contributed by atoms with Crippen molar-refractivity contribution in [1.29, 1.82) is 0 Å². The number of carbonyl (C=O) groups excluding carboxylic acids is 1. The van der Waals surface area contributed by atoms with Gasteiger partial charge in [-0.05, 0) is 45.1 Å². The number of hydrogen-bond acceptors (Lipinski definition) is 4. The van der Waals surface area contributed by atoms with Crippen LogP contribution in [0.4, 0.5) is 5.82 Å².